The SMILES string of the molecule is NC(COCC(=O)O)c1cc(Br)c(Br)s1. The minimum absolute atomic E-state index is 0.200. The van der Waals surface area contributed by atoms with Crippen LogP contribution < -0.4 is 5.73 Å². The molecule has 0 saturated carbocycles. The summed E-state index contributed by atoms with van der Waals surface area (Å²) in [6.07, 6.45) is 0. The lowest BCUT2D eigenvalue weighted by molar-refractivity contribution is -0.142. The number of carboxylic acid groups (broad SMARTS) is 1. The maximum Gasteiger partial charge on any atom is 0.329 e. The van der Waals surface area contributed by atoms with Crippen LogP contribution in [-0.4, -0.2) is 24.3 Å². The van der Waals surface area contributed by atoms with Crippen molar-refractivity contribution in [3.8, 4) is 0 Å². The molecule has 0 radical (unpaired) electrons. The summed E-state index contributed by atoms with van der Waals surface area (Å²) in [5, 5.41) is 8.37. The van der Waals surface area contributed by atoms with Crippen molar-refractivity contribution >= 4 is 49.2 Å². The molecule has 15 heavy (non-hydrogen) atoms. The van der Waals surface area contributed by atoms with Crippen LogP contribution in [0.2, 0.25) is 0 Å². The highest BCUT2D eigenvalue weighted by atomic mass is 79.9. The molecule has 0 aliphatic rings. The number of hydrogen-bond acceptors (Lipinski definition) is 4. The van der Waals surface area contributed by atoms with Gasteiger partial charge in [0.2, 0.25) is 0 Å². The van der Waals surface area contributed by atoms with E-state index in [2.05, 4.69) is 31.9 Å². The molecule has 3 N–H and O–H groups in total. The molecule has 0 aromatic carbocycles. The number of thiophene rings is 1. The fraction of sp³-hybridized carbons (Fsp3) is 0.375. The van der Waals surface area contributed by atoms with E-state index >= 15 is 0 Å². The van der Waals surface area contributed by atoms with E-state index < -0.39 is 5.97 Å². The average Bonchev–Trinajstić information content (AvgIpc) is 2.46. The average molecular weight is 359 g/mol. The van der Waals surface area contributed by atoms with Crippen molar-refractivity contribution < 1.29 is 14.6 Å². The molecule has 4 nitrogen and oxygen atoms in total. The van der Waals surface area contributed by atoms with Gasteiger partial charge in [-0.2, -0.15) is 0 Å². The molecule has 7 heteroatoms. The van der Waals surface area contributed by atoms with E-state index in [-0.39, 0.29) is 19.3 Å². The third kappa shape index (κ3) is 4.20. The maximum absolute atomic E-state index is 10.2. The van der Waals surface area contributed by atoms with Gasteiger partial charge in [0.1, 0.15) is 6.61 Å². The zero-order chi connectivity index (χ0) is 11.4. The van der Waals surface area contributed by atoms with Crippen LogP contribution >= 0.6 is 43.2 Å². The largest absolute Gasteiger partial charge is 0.480 e. The summed E-state index contributed by atoms with van der Waals surface area (Å²) in [6, 6.07) is 1.60. The summed E-state index contributed by atoms with van der Waals surface area (Å²) in [4.78, 5) is 11.1. The van der Waals surface area contributed by atoms with Crippen LogP contribution in [-0.2, 0) is 9.53 Å². The third-order valence-electron chi connectivity index (χ3n) is 1.55. The van der Waals surface area contributed by atoms with Crippen LogP contribution in [0.4, 0.5) is 0 Å². The van der Waals surface area contributed by atoms with Gasteiger partial charge >= 0.3 is 5.97 Å². The van der Waals surface area contributed by atoms with Crippen LogP contribution in [0.15, 0.2) is 14.3 Å². The second kappa shape index (κ2) is 5.95. The van der Waals surface area contributed by atoms with Crippen molar-refractivity contribution in [1.29, 1.82) is 0 Å². The summed E-state index contributed by atoms with van der Waals surface area (Å²) in [6.45, 7) is -0.118. The van der Waals surface area contributed by atoms with E-state index in [0.29, 0.717) is 0 Å². The standard InChI is InChI=1S/C8H9Br2NO3S/c9-4-1-6(15-8(4)10)5(11)2-14-3-7(12)13/h1,5H,2-3,11H2,(H,12,13). The van der Waals surface area contributed by atoms with Crippen LogP contribution in [0.25, 0.3) is 0 Å². The fourth-order valence-electron chi connectivity index (χ4n) is 0.901. The van der Waals surface area contributed by atoms with Gasteiger partial charge in [0.25, 0.3) is 0 Å². The highest BCUT2D eigenvalue weighted by Gasteiger charge is 2.12. The van der Waals surface area contributed by atoms with Crippen molar-refractivity contribution in [3.05, 3.63) is 19.2 Å². The molecular weight excluding hydrogens is 350 g/mol. The number of carbonyl (C=O) groups is 1. The van der Waals surface area contributed by atoms with Crippen molar-refractivity contribution in [2.24, 2.45) is 5.73 Å². The van der Waals surface area contributed by atoms with E-state index in [1.54, 1.807) is 0 Å². The number of halogens is 2. The molecule has 0 spiro atoms. The lowest BCUT2D eigenvalue weighted by Gasteiger charge is -2.08. The molecule has 0 saturated heterocycles. The smallest absolute Gasteiger partial charge is 0.329 e. The number of aliphatic carboxylic acids is 1. The van der Waals surface area contributed by atoms with Crippen molar-refractivity contribution in [2.75, 3.05) is 13.2 Å². The quantitative estimate of drug-likeness (QED) is 0.847. The second-order valence-corrected chi connectivity index (χ2v) is 6.04. The van der Waals surface area contributed by atoms with E-state index in [9.17, 15) is 4.79 Å². The molecule has 1 atom stereocenters. The minimum Gasteiger partial charge on any atom is -0.480 e. The minimum atomic E-state index is -0.990. The number of carboxylic acids is 1. The molecular formula is C8H9Br2NO3S. The number of rotatable bonds is 5. The summed E-state index contributed by atoms with van der Waals surface area (Å²) < 4.78 is 6.82. The molecule has 1 unspecified atom stereocenters. The molecule has 84 valence electrons. The Bertz CT molecular complexity index is 336. The van der Waals surface area contributed by atoms with Gasteiger partial charge < -0.3 is 15.6 Å². The van der Waals surface area contributed by atoms with Crippen LogP contribution in [0.1, 0.15) is 10.9 Å². The third-order valence-corrected chi connectivity index (χ3v) is 4.94. The first-order valence-corrected chi connectivity index (χ1v) is 6.40. The van der Waals surface area contributed by atoms with Gasteiger partial charge in [-0.1, -0.05) is 0 Å². The Kier molecular flexibility index (Phi) is 5.20. The second-order valence-electron chi connectivity index (χ2n) is 2.79. The van der Waals surface area contributed by atoms with Gasteiger partial charge in [0, 0.05) is 9.35 Å². The van der Waals surface area contributed by atoms with Gasteiger partial charge in [-0.25, -0.2) is 4.79 Å². The first-order valence-electron chi connectivity index (χ1n) is 4.00. The lowest BCUT2D eigenvalue weighted by atomic mass is 10.3. The molecule has 0 amide bonds. The molecule has 1 aromatic rings. The van der Waals surface area contributed by atoms with Gasteiger partial charge in [-0.15, -0.1) is 11.3 Å². The molecule has 1 heterocycles. The van der Waals surface area contributed by atoms with Gasteiger partial charge in [0.15, 0.2) is 0 Å². The summed E-state index contributed by atoms with van der Waals surface area (Å²) in [5.41, 5.74) is 5.81. The van der Waals surface area contributed by atoms with E-state index in [0.717, 1.165) is 13.1 Å². The van der Waals surface area contributed by atoms with E-state index in [1.807, 2.05) is 6.07 Å². The summed E-state index contributed by atoms with van der Waals surface area (Å²) in [7, 11) is 0. The molecule has 1 rings (SSSR count). The topological polar surface area (TPSA) is 72.5 Å². The normalized spacial score (nSPS) is 12.7. The Morgan fingerprint density at radius 1 is 1.67 bits per heavy atom. The first-order chi connectivity index (χ1) is 7.00. The maximum atomic E-state index is 10.2. The van der Waals surface area contributed by atoms with Gasteiger partial charge in [0.05, 0.1) is 16.4 Å². The number of nitrogens with two attached hydrogens (primary N) is 1. The Morgan fingerprint density at radius 2 is 2.33 bits per heavy atom. The zero-order valence-electron chi connectivity index (χ0n) is 7.57. The Morgan fingerprint density at radius 3 is 2.80 bits per heavy atom. The molecule has 1 aromatic heterocycles. The zero-order valence-corrected chi connectivity index (χ0v) is 11.6. The molecule has 0 aliphatic carbocycles. The molecule has 0 aliphatic heterocycles. The highest BCUT2D eigenvalue weighted by Crippen LogP contribution is 2.34. The van der Waals surface area contributed by atoms with Crippen LogP contribution in [0.5, 0.6) is 0 Å². The van der Waals surface area contributed by atoms with Crippen molar-refractivity contribution in [3.63, 3.8) is 0 Å². The van der Waals surface area contributed by atoms with Crippen LogP contribution in [0, 0.1) is 0 Å². The summed E-state index contributed by atoms with van der Waals surface area (Å²) >= 11 is 8.20. The lowest BCUT2D eigenvalue weighted by Crippen LogP contribution is -2.18. The Labute approximate surface area is 108 Å². The van der Waals surface area contributed by atoms with Crippen molar-refractivity contribution in [1.82, 2.24) is 0 Å². The first kappa shape index (κ1) is 13.1. The predicted molar refractivity (Wildman–Crippen MR) is 65.1 cm³/mol. The highest BCUT2D eigenvalue weighted by molar-refractivity contribution is 9.13. The van der Waals surface area contributed by atoms with Crippen LogP contribution in [0.3, 0.4) is 0 Å². The fourth-order valence-corrected chi connectivity index (χ4v) is 2.98. The molecule has 0 bridgehead atoms. The summed E-state index contributed by atoms with van der Waals surface area (Å²) in [5.74, 6) is -0.990. The number of ether oxygens (including phenoxy) is 1. The van der Waals surface area contributed by atoms with Crippen molar-refractivity contribution in [2.45, 2.75) is 6.04 Å². The van der Waals surface area contributed by atoms with E-state index in [4.69, 9.17) is 15.6 Å². The predicted octanol–water partition coefficient (Wildman–Crippen LogP) is 2.37. The monoisotopic (exact) mass is 357 g/mol. The Hall–Kier alpha value is 0.0500. The van der Waals surface area contributed by atoms with E-state index in [1.165, 1.54) is 11.3 Å². The van der Waals surface area contributed by atoms with Gasteiger partial charge in [-0.05, 0) is 37.9 Å². The Balaban J connectivity index is 2.46. The number of hydrogen-bond donors (Lipinski definition) is 2. The van der Waals surface area contributed by atoms with Gasteiger partial charge in [-0.3, -0.25) is 0 Å². The molecule has 0 fully saturated rings.